The van der Waals surface area contributed by atoms with Crippen LogP contribution in [0.25, 0.3) is 0 Å². The Labute approximate surface area is 122 Å². The van der Waals surface area contributed by atoms with Crippen LogP contribution < -0.4 is 5.32 Å². The molecule has 1 saturated heterocycles. The van der Waals surface area contributed by atoms with E-state index >= 15 is 0 Å². The maximum atomic E-state index is 3.97. The molecule has 108 valence electrons. The first-order valence-corrected chi connectivity index (χ1v) is 7.98. The van der Waals surface area contributed by atoms with Crippen LogP contribution in [0.15, 0.2) is 43.0 Å². The van der Waals surface area contributed by atoms with Gasteiger partial charge in [-0.1, -0.05) is 55.7 Å². The molecule has 0 radical (unpaired) electrons. The maximum Gasteiger partial charge on any atom is 0.0450 e. The van der Waals surface area contributed by atoms with Crippen LogP contribution in [0.3, 0.4) is 0 Å². The Morgan fingerprint density at radius 1 is 1.20 bits per heavy atom. The Morgan fingerprint density at radius 2 is 1.95 bits per heavy atom. The normalized spacial score (nSPS) is 26.5. The molecule has 0 bridgehead atoms. The van der Waals surface area contributed by atoms with Crippen LogP contribution in [0.5, 0.6) is 0 Å². The number of piperazine rings is 1. The molecule has 3 rings (SSSR count). The maximum absolute atomic E-state index is 3.97. The summed E-state index contributed by atoms with van der Waals surface area (Å²) in [6.07, 6.45) is 8.93. The largest absolute Gasteiger partial charge is 0.307 e. The second-order valence-corrected chi connectivity index (χ2v) is 6.32. The summed E-state index contributed by atoms with van der Waals surface area (Å²) < 4.78 is 0. The van der Waals surface area contributed by atoms with Gasteiger partial charge in [0.2, 0.25) is 0 Å². The number of hydrogen-bond donors (Lipinski definition) is 1. The molecule has 2 nitrogen and oxygen atoms in total. The van der Waals surface area contributed by atoms with E-state index in [2.05, 4.69) is 53.2 Å². The molecule has 1 heterocycles. The van der Waals surface area contributed by atoms with Crippen LogP contribution in [0.1, 0.15) is 43.7 Å². The van der Waals surface area contributed by atoms with Crippen molar-refractivity contribution in [2.24, 2.45) is 0 Å². The van der Waals surface area contributed by atoms with Gasteiger partial charge in [0.1, 0.15) is 0 Å². The fourth-order valence-corrected chi connectivity index (χ4v) is 3.94. The summed E-state index contributed by atoms with van der Waals surface area (Å²) in [4.78, 5) is 2.69. The third-order valence-corrected chi connectivity index (χ3v) is 5.09. The van der Waals surface area contributed by atoms with Gasteiger partial charge in [-0.3, -0.25) is 4.90 Å². The van der Waals surface area contributed by atoms with Gasteiger partial charge in [-0.2, -0.15) is 0 Å². The Kier molecular flexibility index (Phi) is 4.23. The molecule has 1 saturated carbocycles. The zero-order valence-corrected chi connectivity index (χ0v) is 12.4. The molecule has 2 heteroatoms. The van der Waals surface area contributed by atoms with Gasteiger partial charge < -0.3 is 5.32 Å². The fraction of sp³-hybridized carbons (Fsp3) is 0.556. The highest BCUT2D eigenvalue weighted by Crippen LogP contribution is 2.37. The topological polar surface area (TPSA) is 15.3 Å². The Morgan fingerprint density at radius 3 is 2.65 bits per heavy atom. The predicted molar refractivity (Wildman–Crippen MR) is 84.8 cm³/mol. The minimum absolute atomic E-state index is 0.387. The first kappa shape index (κ1) is 13.8. The quantitative estimate of drug-likeness (QED) is 0.845. The van der Waals surface area contributed by atoms with Gasteiger partial charge in [-0.25, -0.2) is 0 Å². The van der Waals surface area contributed by atoms with Crippen LogP contribution >= 0.6 is 0 Å². The lowest BCUT2D eigenvalue weighted by atomic mass is 9.78. The molecule has 1 atom stereocenters. The van der Waals surface area contributed by atoms with Gasteiger partial charge in [0.15, 0.2) is 0 Å². The van der Waals surface area contributed by atoms with Gasteiger partial charge in [-0.15, -0.1) is 6.58 Å². The zero-order valence-electron chi connectivity index (χ0n) is 12.4. The van der Waals surface area contributed by atoms with E-state index < -0.39 is 0 Å². The highest BCUT2D eigenvalue weighted by atomic mass is 15.3. The summed E-state index contributed by atoms with van der Waals surface area (Å²) in [6.45, 7) is 7.22. The summed E-state index contributed by atoms with van der Waals surface area (Å²) in [5.41, 5.74) is 1.80. The minimum atomic E-state index is 0.387. The zero-order chi connectivity index (χ0) is 13.8. The molecule has 0 amide bonds. The van der Waals surface area contributed by atoms with Crippen molar-refractivity contribution in [1.82, 2.24) is 10.2 Å². The molecule has 1 aliphatic heterocycles. The molecule has 0 aromatic heterocycles. The molecule has 1 aromatic carbocycles. The smallest absolute Gasteiger partial charge is 0.0450 e. The average Bonchev–Trinajstić information content (AvgIpc) is 2.52. The van der Waals surface area contributed by atoms with Gasteiger partial charge >= 0.3 is 0 Å². The summed E-state index contributed by atoms with van der Waals surface area (Å²) in [5.74, 6) is 0. The van der Waals surface area contributed by atoms with Gasteiger partial charge in [-0.05, 0) is 18.4 Å². The van der Waals surface area contributed by atoms with E-state index in [4.69, 9.17) is 0 Å². The van der Waals surface area contributed by atoms with Crippen molar-refractivity contribution in [1.29, 1.82) is 0 Å². The lowest BCUT2D eigenvalue weighted by molar-refractivity contribution is 0.0190. The third kappa shape index (κ3) is 2.68. The van der Waals surface area contributed by atoms with Crippen molar-refractivity contribution in [3.8, 4) is 0 Å². The number of nitrogens with one attached hydrogen (secondary N) is 1. The molecule has 1 unspecified atom stereocenters. The van der Waals surface area contributed by atoms with Gasteiger partial charge in [0.05, 0.1) is 0 Å². The highest BCUT2D eigenvalue weighted by Gasteiger charge is 2.41. The Balaban J connectivity index is 1.77. The van der Waals surface area contributed by atoms with E-state index in [0.717, 1.165) is 19.6 Å². The first-order chi connectivity index (χ1) is 9.84. The van der Waals surface area contributed by atoms with Crippen molar-refractivity contribution in [3.63, 3.8) is 0 Å². The second-order valence-electron chi connectivity index (χ2n) is 6.32. The number of nitrogens with zero attached hydrogens (tertiary/aromatic N) is 1. The predicted octanol–water partition coefficient (Wildman–Crippen LogP) is 3.52. The monoisotopic (exact) mass is 270 g/mol. The molecule has 1 spiro atoms. The standard InChI is InChI=1S/C18H26N2/c1-2-13-20-14-17(16-9-5-3-6-10-16)19-15-18(20)11-7-4-8-12-18/h2-3,5-6,9-10,17,19H,1,4,7-8,11-15H2. The van der Waals surface area contributed by atoms with Crippen molar-refractivity contribution >= 4 is 0 Å². The number of rotatable bonds is 3. The lowest BCUT2D eigenvalue weighted by Crippen LogP contribution is -2.62. The average molecular weight is 270 g/mol. The van der Waals surface area contributed by atoms with Crippen LogP contribution in [-0.2, 0) is 0 Å². The highest BCUT2D eigenvalue weighted by molar-refractivity contribution is 5.21. The van der Waals surface area contributed by atoms with Crippen LogP contribution in [0.4, 0.5) is 0 Å². The van der Waals surface area contributed by atoms with E-state index in [1.807, 2.05) is 0 Å². The van der Waals surface area contributed by atoms with Crippen LogP contribution in [0, 0.1) is 0 Å². The molecule has 1 aliphatic carbocycles. The molecular weight excluding hydrogens is 244 g/mol. The van der Waals surface area contributed by atoms with E-state index in [1.54, 1.807) is 0 Å². The van der Waals surface area contributed by atoms with Gasteiger partial charge in [0, 0.05) is 31.2 Å². The summed E-state index contributed by atoms with van der Waals surface area (Å²) >= 11 is 0. The molecule has 20 heavy (non-hydrogen) atoms. The SMILES string of the molecule is C=CCN1CC(c2ccccc2)NCC12CCCCC2. The summed E-state index contributed by atoms with van der Waals surface area (Å²) in [5, 5.41) is 3.81. The van der Waals surface area contributed by atoms with E-state index in [1.165, 1.54) is 37.7 Å². The molecule has 1 aromatic rings. The Hall–Kier alpha value is -1.12. The van der Waals surface area contributed by atoms with Crippen molar-refractivity contribution < 1.29 is 0 Å². The van der Waals surface area contributed by atoms with Gasteiger partial charge in [0.25, 0.3) is 0 Å². The molecule has 1 N–H and O–H groups in total. The van der Waals surface area contributed by atoms with Crippen LogP contribution in [-0.4, -0.2) is 30.1 Å². The van der Waals surface area contributed by atoms with Crippen molar-refractivity contribution in [2.75, 3.05) is 19.6 Å². The van der Waals surface area contributed by atoms with E-state index in [0.29, 0.717) is 11.6 Å². The minimum Gasteiger partial charge on any atom is -0.307 e. The first-order valence-electron chi connectivity index (χ1n) is 7.98. The van der Waals surface area contributed by atoms with E-state index in [9.17, 15) is 0 Å². The Bertz CT molecular complexity index is 434. The van der Waals surface area contributed by atoms with Crippen molar-refractivity contribution in [3.05, 3.63) is 48.6 Å². The second kappa shape index (κ2) is 6.11. The number of benzene rings is 1. The fourth-order valence-electron chi connectivity index (χ4n) is 3.94. The lowest BCUT2D eigenvalue weighted by Gasteiger charge is -2.52. The van der Waals surface area contributed by atoms with Crippen LogP contribution in [0.2, 0.25) is 0 Å². The summed E-state index contributed by atoms with van der Waals surface area (Å²) in [7, 11) is 0. The van der Waals surface area contributed by atoms with E-state index in [-0.39, 0.29) is 0 Å². The molecular formula is C18H26N2. The van der Waals surface area contributed by atoms with Crippen molar-refractivity contribution in [2.45, 2.75) is 43.7 Å². The summed E-state index contributed by atoms with van der Waals surface area (Å²) in [6, 6.07) is 11.3. The molecule has 2 aliphatic rings. The molecule has 2 fully saturated rings. The number of hydrogen-bond acceptors (Lipinski definition) is 2. The third-order valence-electron chi connectivity index (χ3n) is 5.09.